The van der Waals surface area contributed by atoms with Gasteiger partial charge in [0.25, 0.3) is 9.70 Å². The molecule has 0 bridgehead atoms. The SMILES string of the molecule is O=C(N[C@H]1CCCc2ccccc21)C(Cl)(Cl)Cl. The van der Waals surface area contributed by atoms with Gasteiger partial charge in [-0.2, -0.15) is 0 Å². The van der Waals surface area contributed by atoms with Crippen LogP contribution in [0.5, 0.6) is 0 Å². The summed E-state index contributed by atoms with van der Waals surface area (Å²) in [6.07, 6.45) is 2.95. The average Bonchev–Trinajstić information content (AvgIpc) is 2.28. The van der Waals surface area contributed by atoms with E-state index in [1.807, 2.05) is 18.2 Å². The van der Waals surface area contributed by atoms with Crippen LogP contribution in [0.2, 0.25) is 0 Å². The van der Waals surface area contributed by atoms with Crippen LogP contribution in [0.25, 0.3) is 0 Å². The van der Waals surface area contributed by atoms with E-state index in [2.05, 4.69) is 11.4 Å². The third-order valence-electron chi connectivity index (χ3n) is 2.93. The molecule has 0 aliphatic heterocycles. The first kappa shape index (κ1) is 13.0. The molecule has 0 spiro atoms. The number of benzene rings is 1. The topological polar surface area (TPSA) is 29.1 Å². The molecule has 1 amide bonds. The van der Waals surface area contributed by atoms with Crippen LogP contribution in [-0.4, -0.2) is 9.70 Å². The fraction of sp³-hybridized carbons (Fsp3) is 0.417. The molecule has 1 aromatic carbocycles. The fourth-order valence-corrected chi connectivity index (χ4v) is 2.31. The molecule has 2 nitrogen and oxygen atoms in total. The molecular weight excluding hydrogens is 280 g/mol. The number of carbonyl (C=O) groups is 1. The Kier molecular flexibility index (Phi) is 3.86. The Morgan fingerprint density at radius 2 is 2.00 bits per heavy atom. The molecule has 0 unspecified atom stereocenters. The van der Waals surface area contributed by atoms with E-state index in [1.54, 1.807) is 0 Å². The van der Waals surface area contributed by atoms with Crippen molar-refractivity contribution >= 4 is 40.7 Å². The molecule has 1 atom stereocenters. The Morgan fingerprint density at radius 1 is 1.29 bits per heavy atom. The molecule has 1 aliphatic carbocycles. The highest BCUT2D eigenvalue weighted by atomic mass is 35.6. The predicted molar refractivity (Wildman–Crippen MR) is 70.6 cm³/mol. The molecule has 1 aliphatic rings. The van der Waals surface area contributed by atoms with Crippen LogP contribution >= 0.6 is 34.8 Å². The van der Waals surface area contributed by atoms with Crippen molar-refractivity contribution in [2.45, 2.75) is 29.1 Å². The van der Waals surface area contributed by atoms with Gasteiger partial charge < -0.3 is 5.32 Å². The number of halogens is 3. The summed E-state index contributed by atoms with van der Waals surface area (Å²) in [6.45, 7) is 0. The quantitative estimate of drug-likeness (QED) is 0.788. The Bertz CT molecular complexity index is 428. The van der Waals surface area contributed by atoms with E-state index in [0.29, 0.717) is 0 Å². The second-order valence-corrected chi connectivity index (χ2v) is 6.40. The first-order valence-corrected chi connectivity index (χ1v) is 6.57. The van der Waals surface area contributed by atoms with Gasteiger partial charge in [0.2, 0.25) is 0 Å². The summed E-state index contributed by atoms with van der Waals surface area (Å²) in [6, 6.07) is 7.99. The van der Waals surface area contributed by atoms with Crippen molar-refractivity contribution in [1.82, 2.24) is 5.32 Å². The van der Waals surface area contributed by atoms with Crippen molar-refractivity contribution in [3.63, 3.8) is 0 Å². The largest absolute Gasteiger partial charge is 0.346 e. The van der Waals surface area contributed by atoms with Gasteiger partial charge in [-0.25, -0.2) is 0 Å². The van der Waals surface area contributed by atoms with Gasteiger partial charge in [0, 0.05) is 0 Å². The number of aryl methyl sites for hydroxylation is 1. The Labute approximate surface area is 115 Å². The third kappa shape index (κ3) is 3.06. The summed E-state index contributed by atoms with van der Waals surface area (Å²) >= 11 is 16.6. The number of nitrogens with one attached hydrogen (secondary N) is 1. The molecule has 1 N–H and O–H groups in total. The van der Waals surface area contributed by atoms with Crippen LogP contribution in [0.15, 0.2) is 24.3 Å². The van der Waals surface area contributed by atoms with Crippen molar-refractivity contribution in [3.8, 4) is 0 Å². The van der Waals surface area contributed by atoms with Crippen molar-refractivity contribution in [1.29, 1.82) is 0 Å². The molecule has 0 aromatic heterocycles. The summed E-state index contributed by atoms with van der Waals surface area (Å²) in [7, 11) is 0. The van der Waals surface area contributed by atoms with Gasteiger partial charge in [0.15, 0.2) is 0 Å². The lowest BCUT2D eigenvalue weighted by atomic mass is 9.88. The number of hydrogen-bond acceptors (Lipinski definition) is 1. The summed E-state index contributed by atoms with van der Waals surface area (Å²) in [5, 5.41) is 2.78. The van der Waals surface area contributed by atoms with E-state index in [4.69, 9.17) is 34.8 Å². The van der Waals surface area contributed by atoms with Gasteiger partial charge >= 0.3 is 0 Å². The lowest BCUT2D eigenvalue weighted by Crippen LogP contribution is -2.38. The molecule has 1 aromatic rings. The minimum atomic E-state index is -1.90. The molecule has 92 valence electrons. The highest BCUT2D eigenvalue weighted by molar-refractivity contribution is 6.76. The zero-order valence-electron chi connectivity index (χ0n) is 9.05. The third-order valence-corrected chi connectivity index (χ3v) is 3.45. The van der Waals surface area contributed by atoms with Gasteiger partial charge in [-0.1, -0.05) is 59.1 Å². The van der Waals surface area contributed by atoms with Crippen LogP contribution in [-0.2, 0) is 11.2 Å². The average molecular weight is 293 g/mol. The normalized spacial score (nSPS) is 19.6. The number of rotatable bonds is 1. The van der Waals surface area contributed by atoms with Gasteiger partial charge in [0.05, 0.1) is 6.04 Å². The van der Waals surface area contributed by atoms with E-state index >= 15 is 0 Å². The number of carbonyl (C=O) groups excluding carboxylic acids is 1. The van der Waals surface area contributed by atoms with Crippen LogP contribution in [0, 0.1) is 0 Å². The Balaban J connectivity index is 2.17. The van der Waals surface area contributed by atoms with Crippen molar-refractivity contribution in [3.05, 3.63) is 35.4 Å². The second-order valence-electron chi connectivity index (χ2n) is 4.11. The summed E-state index contributed by atoms with van der Waals surface area (Å²) in [5.41, 5.74) is 2.38. The van der Waals surface area contributed by atoms with Crippen molar-refractivity contribution in [2.24, 2.45) is 0 Å². The van der Waals surface area contributed by atoms with Gasteiger partial charge in [0.1, 0.15) is 0 Å². The number of hydrogen-bond donors (Lipinski definition) is 1. The molecule has 2 rings (SSSR count). The first-order valence-electron chi connectivity index (χ1n) is 5.44. The lowest BCUT2D eigenvalue weighted by Gasteiger charge is -2.27. The number of fused-ring (bicyclic) bond motifs is 1. The van der Waals surface area contributed by atoms with E-state index in [0.717, 1.165) is 24.8 Å². The van der Waals surface area contributed by atoms with Gasteiger partial charge in [-0.3, -0.25) is 4.79 Å². The highest BCUT2D eigenvalue weighted by Gasteiger charge is 2.33. The van der Waals surface area contributed by atoms with Crippen LogP contribution in [0.1, 0.15) is 30.0 Å². The zero-order chi connectivity index (χ0) is 12.5. The molecular formula is C12H12Cl3NO. The van der Waals surface area contributed by atoms with E-state index < -0.39 is 9.70 Å². The monoisotopic (exact) mass is 291 g/mol. The summed E-state index contributed by atoms with van der Waals surface area (Å²) < 4.78 is -1.90. The minimum Gasteiger partial charge on any atom is -0.346 e. The molecule has 0 fully saturated rings. The molecule has 17 heavy (non-hydrogen) atoms. The number of amides is 1. The maximum Gasteiger partial charge on any atom is 0.272 e. The van der Waals surface area contributed by atoms with Crippen molar-refractivity contribution in [2.75, 3.05) is 0 Å². The smallest absolute Gasteiger partial charge is 0.272 e. The maximum absolute atomic E-state index is 11.6. The molecule has 0 heterocycles. The fourth-order valence-electron chi connectivity index (χ4n) is 2.14. The van der Waals surface area contributed by atoms with E-state index in [-0.39, 0.29) is 6.04 Å². The van der Waals surface area contributed by atoms with Gasteiger partial charge in [-0.15, -0.1) is 0 Å². The molecule has 0 radical (unpaired) electrons. The summed E-state index contributed by atoms with van der Waals surface area (Å²) in [4.78, 5) is 11.6. The van der Waals surface area contributed by atoms with E-state index in [1.165, 1.54) is 5.56 Å². The van der Waals surface area contributed by atoms with Gasteiger partial charge in [-0.05, 0) is 30.4 Å². The van der Waals surface area contributed by atoms with Crippen LogP contribution in [0.4, 0.5) is 0 Å². The molecule has 5 heteroatoms. The standard InChI is InChI=1S/C12H12Cl3NO/c13-12(14,15)11(17)16-10-7-3-5-8-4-1-2-6-9(8)10/h1-2,4,6,10H,3,5,7H2,(H,16,17)/t10-/m0/s1. The highest BCUT2D eigenvalue weighted by Crippen LogP contribution is 2.32. The predicted octanol–water partition coefficient (Wildman–Crippen LogP) is 3.55. The molecule has 0 saturated carbocycles. The Morgan fingerprint density at radius 3 is 2.71 bits per heavy atom. The Hall–Kier alpha value is -0.440. The van der Waals surface area contributed by atoms with Crippen LogP contribution in [0.3, 0.4) is 0 Å². The van der Waals surface area contributed by atoms with Crippen LogP contribution < -0.4 is 5.32 Å². The first-order chi connectivity index (χ1) is 7.98. The van der Waals surface area contributed by atoms with E-state index in [9.17, 15) is 4.79 Å². The number of alkyl halides is 3. The zero-order valence-corrected chi connectivity index (χ0v) is 11.3. The lowest BCUT2D eigenvalue weighted by molar-refractivity contribution is -0.121. The minimum absolute atomic E-state index is 0.0527. The molecule has 0 saturated heterocycles. The van der Waals surface area contributed by atoms with Crippen molar-refractivity contribution < 1.29 is 4.79 Å². The second kappa shape index (κ2) is 5.05. The summed E-state index contributed by atoms with van der Waals surface area (Å²) in [5.74, 6) is -0.566. The maximum atomic E-state index is 11.6.